The van der Waals surface area contributed by atoms with Gasteiger partial charge in [-0.1, -0.05) is 6.07 Å². The molecule has 0 aromatic heterocycles. The van der Waals surface area contributed by atoms with Gasteiger partial charge < -0.3 is 15.2 Å². The van der Waals surface area contributed by atoms with Gasteiger partial charge in [0.2, 0.25) is 0 Å². The van der Waals surface area contributed by atoms with Crippen molar-refractivity contribution < 1.29 is 14.6 Å². The molecule has 0 spiro atoms. The lowest BCUT2D eigenvalue weighted by atomic mass is 10.1. The molecule has 102 valence electrons. The molecule has 2 N–H and O–H groups in total. The zero-order valence-corrected chi connectivity index (χ0v) is 10.9. The summed E-state index contributed by atoms with van der Waals surface area (Å²) < 4.78 is 5.49. The summed E-state index contributed by atoms with van der Waals surface area (Å²) in [5, 5.41) is 12.6. The molecule has 19 heavy (non-hydrogen) atoms. The van der Waals surface area contributed by atoms with Crippen LogP contribution in [0.1, 0.15) is 36.5 Å². The number of fused-ring (bicyclic) bond motifs is 1. The van der Waals surface area contributed by atoms with Crippen LogP contribution < -0.4 is 10.1 Å². The first-order valence-corrected chi connectivity index (χ1v) is 6.93. The molecule has 0 unspecified atom stereocenters. The lowest BCUT2D eigenvalue weighted by Gasteiger charge is -2.09. The number of carbonyl (C=O) groups excluding carboxylic acids is 1. The van der Waals surface area contributed by atoms with Gasteiger partial charge in [0.25, 0.3) is 5.91 Å². The Morgan fingerprint density at radius 3 is 3.00 bits per heavy atom. The normalized spacial score (nSPS) is 21.0. The zero-order valence-electron chi connectivity index (χ0n) is 10.9. The fourth-order valence-electron chi connectivity index (χ4n) is 2.44. The number of benzene rings is 1. The number of ether oxygens (including phenoxy) is 1. The molecule has 0 radical (unpaired) electrons. The summed E-state index contributed by atoms with van der Waals surface area (Å²) >= 11 is 0. The molecular weight excluding hydrogens is 242 g/mol. The largest absolute Gasteiger partial charge is 0.484 e. The summed E-state index contributed by atoms with van der Waals surface area (Å²) in [5.74, 6) is 1.33. The van der Waals surface area contributed by atoms with Gasteiger partial charge >= 0.3 is 0 Å². The van der Waals surface area contributed by atoms with Crippen molar-refractivity contribution in [3.8, 4) is 5.75 Å². The van der Waals surface area contributed by atoms with Crippen LogP contribution in [-0.4, -0.2) is 24.2 Å². The Morgan fingerprint density at radius 1 is 1.37 bits per heavy atom. The van der Waals surface area contributed by atoms with E-state index >= 15 is 0 Å². The van der Waals surface area contributed by atoms with Crippen LogP contribution in [0.2, 0.25) is 0 Å². The predicted molar refractivity (Wildman–Crippen MR) is 71.0 cm³/mol. The molecule has 1 amide bonds. The average Bonchev–Trinajstić information content (AvgIpc) is 3.18. The Hall–Kier alpha value is -1.55. The van der Waals surface area contributed by atoms with Gasteiger partial charge in [-0.2, -0.15) is 0 Å². The van der Waals surface area contributed by atoms with E-state index in [2.05, 4.69) is 5.32 Å². The summed E-state index contributed by atoms with van der Waals surface area (Å²) in [6.07, 6.45) is 3.77. The molecule has 1 aromatic rings. The molecule has 0 saturated heterocycles. The summed E-state index contributed by atoms with van der Waals surface area (Å²) in [7, 11) is 0. The van der Waals surface area contributed by atoms with Gasteiger partial charge in [0.05, 0.1) is 6.10 Å². The van der Waals surface area contributed by atoms with Gasteiger partial charge in [-0.15, -0.1) is 0 Å². The summed E-state index contributed by atoms with van der Waals surface area (Å²) in [6.45, 7) is 0.840. The highest BCUT2D eigenvalue weighted by Crippen LogP contribution is 2.33. The fraction of sp³-hybridized carbons (Fsp3) is 0.533. The molecule has 3 rings (SSSR count). The summed E-state index contributed by atoms with van der Waals surface area (Å²) in [4.78, 5) is 11.6. The number of aliphatic hydroxyl groups is 1. The zero-order chi connectivity index (χ0) is 13.2. The number of carbonyl (C=O) groups is 1. The standard InChI is InChI=1S/C15H19NO3/c17-14-6-3-11-7-12(4-5-13(11)14)19-9-15(18)16-8-10-1-2-10/h4-5,7,10,14,17H,1-3,6,8-9H2,(H,16,18)/t14-/m0/s1. The number of amides is 1. The lowest BCUT2D eigenvalue weighted by Crippen LogP contribution is -2.30. The Kier molecular flexibility index (Phi) is 3.42. The van der Waals surface area contributed by atoms with Gasteiger partial charge in [0.15, 0.2) is 6.61 Å². The van der Waals surface area contributed by atoms with Crippen molar-refractivity contribution in [2.24, 2.45) is 5.92 Å². The minimum absolute atomic E-state index is 0.0626. The van der Waals surface area contributed by atoms with E-state index < -0.39 is 0 Å². The first kappa shape index (κ1) is 12.5. The van der Waals surface area contributed by atoms with E-state index in [1.807, 2.05) is 18.2 Å². The third-order valence-electron chi connectivity index (χ3n) is 3.82. The molecule has 0 bridgehead atoms. The molecule has 1 saturated carbocycles. The van der Waals surface area contributed by atoms with E-state index in [9.17, 15) is 9.90 Å². The summed E-state index contributed by atoms with van der Waals surface area (Å²) in [6, 6.07) is 5.64. The second kappa shape index (κ2) is 5.21. The molecule has 4 nitrogen and oxygen atoms in total. The van der Waals surface area contributed by atoms with Crippen LogP contribution in [-0.2, 0) is 11.2 Å². The maximum absolute atomic E-state index is 11.6. The van der Waals surface area contributed by atoms with Gasteiger partial charge in [0, 0.05) is 6.54 Å². The van der Waals surface area contributed by atoms with Gasteiger partial charge in [-0.3, -0.25) is 4.79 Å². The van der Waals surface area contributed by atoms with Crippen LogP contribution in [0.5, 0.6) is 5.75 Å². The number of aliphatic hydroxyl groups excluding tert-OH is 1. The molecule has 2 aliphatic rings. The van der Waals surface area contributed by atoms with Crippen LogP contribution in [0.3, 0.4) is 0 Å². The van der Waals surface area contributed by atoms with Crippen molar-refractivity contribution in [1.82, 2.24) is 5.32 Å². The number of rotatable bonds is 5. The monoisotopic (exact) mass is 261 g/mol. The predicted octanol–water partition coefficient (Wildman–Crippen LogP) is 1.57. The van der Waals surface area contributed by atoms with Crippen LogP contribution in [0.25, 0.3) is 0 Å². The molecule has 4 heteroatoms. The highest BCUT2D eigenvalue weighted by atomic mass is 16.5. The van der Waals surface area contributed by atoms with Crippen molar-refractivity contribution in [3.05, 3.63) is 29.3 Å². The minimum Gasteiger partial charge on any atom is -0.484 e. The molecule has 1 aromatic carbocycles. The topological polar surface area (TPSA) is 58.6 Å². The highest BCUT2D eigenvalue weighted by Gasteiger charge is 2.22. The van der Waals surface area contributed by atoms with Gasteiger partial charge in [-0.05, 0) is 54.9 Å². The van der Waals surface area contributed by atoms with Crippen LogP contribution in [0.4, 0.5) is 0 Å². The molecule has 0 aliphatic heterocycles. The summed E-state index contributed by atoms with van der Waals surface area (Å²) in [5.41, 5.74) is 2.12. The lowest BCUT2D eigenvalue weighted by molar-refractivity contribution is -0.123. The smallest absolute Gasteiger partial charge is 0.257 e. The van der Waals surface area contributed by atoms with Crippen LogP contribution in [0.15, 0.2) is 18.2 Å². The van der Waals surface area contributed by atoms with Crippen LogP contribution >= 0.6 is 0 Å². The van der Waals surface area contributed by atoms with Gasteiger partial charge in [0.1, 0.15) is 5.75 Å². The number of hydrogen-bond donors (Lipinski definition) is 2. The maximum atomic E-state index is 11.6. The molecule has 2 aliphatic carbocycles. The minimum atomic E-state index is -0.342. The number of aryl methyl sites for hydroxylation is 1. The maximum Gasteiger partial charge on any atom is 0.257 e. The molecular formula is C15H19NO3. The van der Waals surface area contributed by atoms with E-state index in [1.54, 1.807) is 0 Å². The average molecular weight is 261 g/mol. The first-order valence-electron chi connectivity index (χ1n) is 6.93. The van der Waals surface area contributed by atoms with Crippen molar-refractivity contribution in [2.75, 3.05) is 13.2 Å². The second-order valence-electron chi connectivity index (χ2n) is 5.45. The van der Waals surface area contributed by atoms with Crippen molar-refractivity contribution in [1.29, 1.82) is 0 Å². The third kappa shape index (κ3) is 3.07. The first-order chi connectivity index (χ1) is 9.22. The van der Waals surface area contributed by atoms with Gasteiger partial charge in [-0.25, -0.2) is 0 Å². The van der Waals surface area contributed by atoms with E-state index in [1.165, 1.54) is 12.8 Å². The SMILES string of the molecule is O=C(COc1ccc2c(c1)CC[C@@H]2O)NCC1CC1. The Bertz CT molecular complexity index is 482. The Labute approximate surface area is 112 Å². The Morgan fingerprint density at radius 2 is 2.21 bits per heavy atom. The number of nitrogens with one attached hydrogen (secondary N) is 1. The fourth-order valence-corrected chi connectivity index (χ4v) is 2.44. The van der Waals surface area contributed by atoms with Crippen LogP contribution in [0, 0.1) is 5.92 Å². The molecule has 0 heterocycles. The number of hydrogen-bond acceptors (Lipinski definition) is 3. The Balaban J connectivity index is 1.51. The van der Waals surface area contributed by atoms with Crippen molar-refractivity contribution >= 4 is 5.91 Å². The third-order valence-corrected chi connectivity index (χ3v) is 3.82. The van der Waals surface area contributed by atoms with E-state index in [4.69, 9.17) is 4.74 Å². The van der Waals surface area contributed by atoms with Crippen molar-refractivity contribution in [3.63, 3.8) is 0 Å². The van der Waals surface area contributed by atoms with E-state index in [-0.39, 0.29) is 18.6 Å². The molecule has 1 fully saturated rings. The molecule has 1 atom stereocenters. The van der Waals surface area contributed by atoms with Crippen molar-refractivity contribution in [2.45, 2.75) is 31.8 Å². The second-order valence-corrected chi connectivity index (χ2v) is 5.45. The highest BCUT2D eigenvalue weighted by molar-refractivity contribution is 5.77. The quantitative estimate of drug-likeness (QED) is 0.846. The van der Waals surface area contributed by atoms with E-state index in [0.29, 0.717) is 11.7 Å². The van der Waals surface area contributed by atoms with E-state index in [0.717, 1.165) is 30.5 Å².